The van der Waals surface area contributed by atoms with E-state index in [1.807, 2.05) is 6.92 Å². The maximum Gasteiger partial charge on any atom is 0.213 e. The van der Waals surface area contributed by atoms with Crippen molar-refractivity contribution in [2.24, 2.45) is 0 Å². The van der Waals surface area contributed by atoms with Crippen LogP contribution < -0.4 is 0 Å². The molecule has 0 unspecified atom stereocenters. The van der Waals surface area contributed by atoms with Crippen molar-refractivity contribution in [3.63, 3.8) is 0 Å². The summed E-state index contributed by atoms with van der Waals surface area (Å²) >= 11 is 9.13. The summed E-state index contributed by atoms with van der Waals surface area (Å²) in [6, 6.07) is 5.28. The molecule has 1 aromatic rings. The van der Waals surface area contributed by atoms with Gasteiger partial charge in [0, 0.05) is 10.0 Å². The van der Waals surface area contributed by atoms with Crippen molar-refractivity contribution in [2.45, 2.75) is 6.92 Å². The van der Waals surface area contributed by atoms with E-state index in [0.29, 0.717) is 17.2 Å². The predicted molar refractivity (Wildman–Crippen MR) is 57.6 cm³/mol. The first-order valence-electron chi connectivity index (χ1n) is 3.82. The second-order valence-corrected chi connectivity index (χ2v) is 3.65. The van der Waals surface area contributed by atoms with Crippen LogP contribution in [0.1, 0.15) is 12.5 Å². The van der Waals surface area contributed by atoms with Crippen molar-refractivity contribution in [1.82, 2.24) is 0 Å². The summed E-state index contributed by atoms with van der Waals surface area (Å²) in [4.78, 5) is 0. The molecule has 0 amide bonds. The lowest BCUT2D eigenvalue weighted by atomic mass is 10.2. The second-order valence-electron chi connectivity index (χ2n) is 2.39. The molecule has 1 aromatic carbocycles. The van der Waals surface area contributed by atoms with Gasteiger partial charge < -0.3 is 4.74 Å². The number of rotatable bonds is 2. The molecule has 0 aliphatic rings. The largest absolute Gasteiger partial charge is 0.478 e. The van der Waals surface area contributed by atoms with E-state index >= 15 is 0 Å². The maximum absolute atomic E-state index is 7.50. The van der Waals surface area contributed by atoms with Crippen molar-refractivity contribution < 1.29 is 4.74 Å². The molecule has 4 heteroatoms. The van der Waals surface area contributed by atoms with E-state index in [9.17, 15) is 0 Å². The average molecular weight is 263 g/mol. The Labute approximate surface area is 90.5 Å². The van der Waals surface area contributed by atoms with Gasteiger partial charge in [0.25, 0.3) is 0 Å². The second kappa shape index (κ2) is 4.63. The molecule has 70 valence electrons. The van der Waals surface area contributed by atoms with Gasteiger partial charge in [-0.3, -0.25) is 5.41 Å². The van der Waals surface area contributed by atoms with Crippen molar-refractivity contribution in [2.75, 3.05) is 6.61 Å². The minimum Gasteiger partial charge on any atom is -0.478 e. The highest BCUT2D eigenvalue weighted by Gasteiger charge is 2.04. The summed E-state index contributed by atoms with van der Waals surface area (Å²) in [7, 11) is 0. The van der Waals surface area contributed by atoms with Crippen LogP contribution in [0.15, 0.2) is 22.7 Å². The number of ether oxygens (including phenoxy) is 1. The normalized spacial score (nSPS) is 9.77. The van der Waals surface area contributed by atoms with Gasteiger partial charge in [0.05, 0.1) is 11.6 Å². The number of hydrogen-bond acceptors (Lipinski definition) is 2. The van der Waals surface area contributed by atoms with E-state index in [4.69, 9.17) is 21.7 Å². The van der Waals surface area contributed by atoms with E-state index in [2.05, 4.69) is 15.9 Å². The van der Waals surface area contributed by atoms with Gasteiger partial charge in [0.15, 0.2) is 0 Å². The molecule has 0 aromatic heterocycles. The van der Waals surface area contributed by atoms with E-state index in [0.717, 1.165) is 4.47 Å². The van der Waals surface area contributed by atoms with Crippen molar-refractivity contribution >= 4 is 33.4 Å². The molecule has 0 saturated carbocycles. The quantitative estimate of drug-likeness (QED) is 0.642. The zero-order chi connectivity index (χ0) is 9.84. The lowest BCUT2D eigenvalue weighted by Gasteiger charge is -2.05. The fourth-order valence-corrected chi connectivity index (χ4v) is 1.29. The molecule has 0 saturated heterocycles. The Morgan fingerprint density at radius 2 is 2.31 bits per heavy atom. The van der Waals surface area contributed by atoms with Gasteiger partial charge in [-0.1, -0.05) is 11.6 Å². The summed E-state index contributed by atoms with van der Waals surface area (Å²) in [6.45, 7) is 2.33. The molecule has 1 N–H and O–H groups in total. The van der Waals surface area contributed by atoms with E-state index < -0.39 is 0 Å². The Balaban J connectivity index is 2.90. The zero-order valence-electron chi connectivity index (χ0n) is 7.10. The smallest absolute Gasteiger partial charge is 0.213 e. The van der Waals surface area contributed by atoms with E-state index in [-0.39, 0.29) is 5.90 Å². The van der Waals surface area contributed by atoms with Gasteiger partial charge in [-0.2, -0.15) is 0 Å². The lowest BCUT2D eigenvalue weighted by Crippen LogP contribution is -2.04. The van der Waals surface area contributed by atoms with Gasteiger partial charge in [0.1, 0.15) is 0 Å². The van der Waals surface area contributed by atoms with Crippen molar-refractivity contribution in [3.8, 4) is 0 Å². The first-order valence-corrected chi connectivity index (χ1v) is 4.99. The number of benzene rings is 1. The SMILES string of the molecule is CCOC(=N)c1ccc(Br)c(Cl)c1. The molecule has 0 fully saturated rings. The molecule has 13 heavy (non-hydrogen) atoms. The van der Waals surface area contributed by atoms with Gasteiger partial charge >= 0.3 is 0 Å². The Morgan fingerprint density at radius 3 is 2.85 bits per heavy atom. The molecule has 0 aliphatic carbocycles. The molecule has 0 radical (unpaired) electrons. The minimum atomic E-state index is 0.150. The Hall–Kier alpha value is -0.540. The molecule has 0 aliphatic heterocycles. The topological polar surface area (TPSA) is 33.1 Å². The average Bonchev–Trinajstić information content (AvgIpc) is 2.10. The third kappa shape index (κ3) is 2.71. The van der Waals surface area contributed by atoms with Crippen LogP contribution in [0.25, 0.3) is 0 Å². The molecule has 1 rings (SSSR count). The number of nitrogens with one attached hydrogen (secondary N) is 1. The molecule has 0 spiro atoms. The summed E-state index contributed by atoms with van der Waals surface area (Å²) < 4.78 is 5.85. The van der Waals surface area contributed by atoms with Crippen LogP contribution in [0.2, 0.25) is 5.02 Å². The van der Waals surface area contributed by atoms with Crippen molar-refractivity contribution in [3.05, 3.63) is 33.3 Å². The fraction of sp³-hybridized carbons (Fsp3) is 0.222. The number of hydrogen-bond donors (Lipinski definition) is 1. The van der Waals surface area contributed by atoms with Gasteiger partial charge in [0.2, 0.25) is 5.90 Å². The highest BCUT2D eigenvalue weighted by Crippen LogP contribution is 2.23. The van der Waals surface area contributed by atoms with E-state index in [1.165, 1.54) is 0 Å². The Morgan fingerprint density at radius 1 is 1.62 bits per heavy atom. The van der Waals surface area contributed by atoms with Crippen LogP contribution in [-0.2, 0) is 4.74 Å². The summed E-state index contributed by atoms with van der Waals surface area (Å²) in [5, 5.41) is 8.09. The Kier molecular flexibility index (Phi) is 3.75. The third-order valence-corrected chi connectivity index (χ3v) is 2.70. The van der Waals surface area contributed by atoms with Crippen LogP contribution in [0, 0.1) is 5.41 Å². The molecular weight excluding hydrogens is 253 g/mol. The highest BCUT2D eigenvalue weighted by molar-refractivity contribution is 9.10. The maximum atomic E-state index is 7.50. The third-order valence-electron chi connectivity index (χ3n) is 1.47. The van der Waals surface area contributed by atoms with Crippen LogP contribution in [0.5, 0.6) is 0 Å². The number of halogens is 2. The predicted octanol–water partition coefficient (Wildman–Crippen LogP) is 3.46. The van der Waals surface area contributed by atoms with Crippen LogP contribution in [0.3, 0.4) is 0 Å². The summed E-state index contributed by atoms with van der Waals surface area (Å²) in [6.07, 6.45) is 0. The van der Waals surface area contributed by atoms with Gasteiger partial charge in [-0.15, -0.1) is 0 Å². The molecule has 0 heterocycles. The van der Waals surface area contributed by atoms with Gasteiger partial charge in [-0.25, -0.2) is 0 Å². The van der Waals surface area contributed by atoms with Gasteiger partial charge in [-0.05, 0) is 41.1 Å². The van der Waals surface area contributed by atoms with Crippen LogP contribution in [-0.4, -0.2) is 12.5 Å². The monoisotopic (exact) mass is 261 g/mol. The van der Waals surface area contributed by atoms with Crippen molar-refractivity contribution in [1.29, 1.82) is 5.41 Å². The van der Waals surface area contributed by atoms with Crippen LogP contribution >= 0.6 is 27.5 Å². The first-order chi connectivity index (χ1) is 6.15. The molecule has 0 bridgehead atoms. The minimum absolute atomic E-state index is 0.150. The highest BCUT2D eigenvalue weighted by atomic mass is 79.9. The first kappa shape index (κ1) is 10.5. The van der Waals surface area contributed by atoms with E-state index in [1.54, 1.807) is 18.2 Å². The summed E-state index contributed by atoms with van der Waals surface area (Å²) in [5.41, 5.74) is 0.690. The summed E-state index contributed by atoms with van der Waals surface area (Å²) in [5.74, 6) is 0.150. The molecule has 2 nitrogen and oxygen atoms in total. The zero-order valence-corrected chi connectivity index (χ0v) is 9.45. The Bertz CT molecular complexity index is 327. The molecule has 0 atom stereocenters. The standard InChI is InChI=1S/C9H9BrClNO/c1-2-13-9(12)6-3-4-7(10)8(11)5-6/h3-5,12H,2H2,1H3. The fourth-order valence-electron chi connectivity index (χ4n) is 0.865. The molecular formula is C9H9BrClNO. The lowest BCUT2D eigenvalue weighted by molar-refractivity contribution is 0.325. The van der Waals surface area contributed by atoms with Crippen LogP contribution in [0.4, 0.5) is 0 Å².